The summed E-state index contributed by atoms with van der Waals surface area (Å²) >= 11 is 0. The number of carboxylic acids is 1. The molecule has 1 aliphatic heterocycles. The van der Waals surface area contributed by atoms with Crippen LogP contribution in [0.5, 0.6) is 0 Å². The molecule has 10 heteroatoms. The summed E-state index contributed by atoms with van der Waals surface area (Å²) in [6.07, 6.45) is -4.53. The first-order valence-electron chi connectivity index (χ1n) is 4.21. The zero-order chi connectivity index (χ0) is 13.6. The molecule has 0 spiro atoms. The predicted octanol–water partition coefficient (Wildman–Crippen LogP) is -0.741. The lowest BCUT2D eigenvalue weighted by Crippen LogP contribution is -2.72. The predicted molar refractivity (Wildman–Crippen MR) is 47.8 cm³/mol. The zero-order valence-corrected chi connectivity index (χ0v) is 9.30. The van der Waals surface area contributed by atoms with E-state index in [1.807, 2.05) is 0 Å². The second-order valence-electron chi connectivity index (χ2n) is 3.73. The lowest BCUT2D eigenvalue weighted by atomic mass is 9.99. The van der Waals surface area contributed by atoms with Gasteiger partial charge in [0.1, 0.15) is 0 Å². The lowest BCUT2D eigenvalue weighted by molar-refractivity contribution is -0.191. The van der Waals surface area contributed by atoms with Gasteiger partial charge in [0.15, 0.2) is 9.84 Å². The summed E-state index contributed by atoms with van der Waals surface area (Å²) in [7, 11) is -4.10. The molecule has 0 radical (unpaired) electrons. The molecule has 17 heavy (non-hydrogen) atoms. The summed E-state index contributed by atoms with van der Waals surface area (Å²) in [5, 5.41) is 8.72. The number of carboxylic acid groups (broad SMARTS) is 1. The van der Waals surface area contributed by atoms with Crippen LogP contribution in [0.25, 0.3) is 0 Å². The van der Waals surface area contributed by atoms with Crippen LogP contribution in [0.1, 0.15) is 0 Å². The molecular weight excluding hydrogens is 267 g/mol. The van der Waals surface area contributed by atoms with Gasteiger partial charge in [0, 0.05) is 6.26 Å². The molecular formula is C7H8F3NO5S. The van der Waals surface area contributed by atoms with Gasteiger partial charge in [-0.25, -0.2) is 8.42 Å². The largest absolute Gasteiger partial charge is 0.480 e. The van der Waals surface area contributed by atoms with E-state index < -0.39 is 45.7 Å². The maximum absolute atomic E-state index is 12.0. The van der Waals surface area contributed by atoms with E-state index in [0.29, 0.717) is 6.26 Å². The van der Waals surface area contributed by atoms with Crippen molar-refractivity contribution in [3.63, 3.8) is 0 Å². The number of carbonyl (C=O) groups excluding carboxylic acids is 1. The van der Waals surface area contributed by atoms with Crippen molar-refractivity contribution < 1.29 is 36.3 Å². The number of alkyl halides is 3. The molecule has 1 amide bonds. The van der Waals surface area contributed by atoms with Crippen LogP contribution in [0, 0.1) is 0 Å². The average molecular weight is 275 g/mol. The van der Waals surface area contributed by atoms with E-state index in [9.17, 15) is 31.2 Å². The number of aliphatic carboxylic acids is 1. The Morgan fingerprint density at radius 2 is 1.71 bits per heavy atom. The fourth-order valence-corrected chi connectivity index (χ4v) is 2.52. The summed E-state index contributed by atoms with van der Waals surface area (Å²) in [6, 6.07) is 0. The molecule has 1 fully saturated rings. The molecule has 98 valence electrons. The van der Waals surface area contributed by atoms with E-state index in [1.165, 1.54) is 0 Å². The van der Waals surface area contributed by atoms with Crippen LogP contribution in [0.4, 0.5) is 13.2 Å². The number of hydrogen-bond acceptors (Lipinski definition) is 4. The lowest BCUT2D eigenvalue weighted by Gasteiger charge is -2.45. The highest BCUT2D eigenvalue weighted by molar-refractivity contribution is 7.93. The Morgan fingerprint density at radius 1 is 1.29 bits per heavy atom. The molecule has 0 aromatic carbocycles. The van der Waals surface area contributed by atoms with E-state index >= 15 is 0 Å². The fourth-order valence-electron chi connectivity index (χ4n) is 1.42. The summed E-state index contributed by atoms with van der Waals surface area (Å²) in [5.74, 6) is -4.00. The fraction of sp³-hybridized carbons (Fsp3) is 0.714. The van der Waals surface area contributed by atoms with Crippen molar-refractivity contribution in [2.45, 2.75) is 10.9 Å². The summed E-state index contributed by atoms with van der Waals surface area (Å²) < 4.78 is 56.0. The monoisotopic (exact) mass is 275 g/mol. The van der Waals surface area contributed by atoms with Gasteiger partial charge in [-0.15, -0.1) is 0 Å². The maximum atomic E-state index is 12.0. The highest BCUT2D eigenvalue weighted by Crippen LogP contribution is 2.32. The number of likely N-dealkylation sites (tertiary alicyclic amines) is 1. The molecule has 0 aromatic rings. The van der Waals surface area contributed by atoms with Gasteiger partial charge in [0.05, 0.1) is 13.1 Å². The van der Waals surface area contributed by atoms with E-state index in [1.54, 1.807) is 0 Å². The standard InChI is InChI=1S/C7H8F3NO5S/c1-17(15,16)6(5(13)14)2-11(3-6)4(12)7(8,9)10/h2-3H2,1H3,(H,13,14). The van der Waals surface area contributed by atoms with Crippen molar-refractivity contribution in [2.75, 3.05) is 19.3 Å². The number of carbonyl (C=O) groups is 2. The second kappa shape index (κ2) is 3.59. The Labute approximate surface area is 93.9 Å². The Bertz CT molecular complexity index is 462. The number of halogens is 3. The van der Waals surface area contributed by atoms with Crippen molar-refractivity contribution in [1.82, 2.24) is 4.90 Å². The summed E-state index contributed by atoms with van der Waals surface area (Å²) in [6.45, 7) is -1.97. The molecule has 0 aliphatic carbocycles. The Morgan fingerprint density at radius 3 is 1.94 bits per heavy atom. The molecule has 0 bridgehead atoms. The van der Waals surface area contributed by atoms with Crippen molar-refractivity contribution in [2.24, 2.45) is 0 Å². The maximum Gasteiger partial charge on any atom is 0.471 e. The molecule has 0 unspecified atom stereocenters. The minimum Gasteiger partial charge on any atom is -0.480 e. The van der Waals surface area contributed by atoms with E-state index in [-0.39, 0.29) is 4.90 Å². The van der Waals surface area contributed by atoms with Gasteiger partial charge in [0.2, 0.25) is 4.75 Å². The molecule has 1 rings (SSSR count). The second-order valence-corrected chi connectivity index (χ2v) is 6.06. The number of nitrogens with zero attached hydrogens (tertiary/aromatic N) is 1. The SMILES string of the molecule is CS(=O)(=O)C1(C(=O)O)CN(C(=O)C(F)(F)F)C1. The van der Waals surface area contributed by atoms with Crippen LogP contribution in [0.3, 0.4) is 0 Å². The van der Waals surface area contributed by atoms with Crippen molar-refractivity contribution in [1.29, 1.82) is 0 Å². The van der Waals surface area contributed by atoms with E-state index in [2.05, 4.69) is 0 Å². The molecule has 0 aromatic heterocycles. The van der Waals surface area contributed by atoms with Crippen LogP contribution in [0.2, 0.25) is 0 Å². The minimum atomic E-state index is -5.14. The first-order chi connectivity index (χ1) is 7.42. The van der Waals surface area contributed by atoms with Gasteiger partial charge in [-0.3, -0.25) is 9.59 Å². The topological polar surface area (TPSA) is 91.8 Å². The number of rotatable bonds is 2. The van der Waals surface area contributed by atoms with Crippen molar-refractivity contribution in [3.8, 4) is 0 Å². The van der Waals surface area contributed by atoms with Gasteiger partial charge >= 0.3 is 18.1 Å². The van der Waals surface area contributed by atoms with E-state index in [0.717, 1.165) is 0 Å². The molecule has 1 heterocycles. The van der Waals surface area contributed by atoms with E-state index in [4.69, 9.17) is 5.11 Å². The van der Waals surface area contributed by atoms with Crippen molar-refractivity contribution >= 4 is 21.7 Å². The van der Waals surface area contributed by atoms with Gasteiger partial charge in [0.25, 0.3) is 0 Å². The van der Waals surface area contributed by atoms with Crippen LogP contribution in [0.15, 0.2) is 0 Å². The molecule has 6 nitrogen and oxygen atoms in total. The van der Waals surface area contributed by atoms with Gasteiger partial charge in [-0.05, 0) is 0 Å². The average Bonchev–Trinajstić information content (AvgIpc) is 1.95. The molecule has 1 aliphatic rings. The molecule has 1 N–H and O–H groups in total. The third-order valence-electron chi connectivity index (χ3n) is 2.52. The van der Waals surface area contributed by atoms with Crippen LogP contribution < -0.4 is 0 Å². The summed E-state index contributed by atoms with van der Waals surface area (Å²) in [4.78, 5) is 21.6. The number of sulfone groups is 1. The highest BCUT2D eigenvalue weighted by Gasteiger charge is 2.62. The third-order valence-corrected chi connectivity index (χ3v) is 4.37. The zero-order valence-electron chi connectivity index (χ0n) is 8.48. The Hall–Kier alpha value is -1.32. The molecule has 1 saturated heterocycles. The van der Waals surface area contributed by atoms with Crippen LogP contribution in [-0.2, 0) is 19.4 Å². The first-order valence-corrected chi connectivity index (χ1v) is 6.10. The third kappa shape index (κ3) is 2.08. The molecule has 0 atom stereocenters. The van der Waals surface area contributed by atoms with Crippen LogP contribution in [-0.4, -0.2) is 60.6 Å². The van der Waals surface area contributed by atoms with Gasteiger partial charge in [-0.1, -0.05) is 0 Å². The number of amides is 1. The Kier molecular flexibility index (Phi) is 2.90. The Balaban J connectivity index is 2.92. The van der Waals surface area contributed by atoms with Crippen LogP contribution >= 0.6 is 0 Å². The normalized spacial score (nSPS) is 19.6. The highest BCUT2D eigenvalue weighted by atomic mass is 32.2. The summed E-state index contributed by atoms with van der Waals surface area (Å²) in [5.41, 5.74) is 0. The van der Waals surface area contributed by atoms with Gasteiger partial charge in [-0.2, -0.15) is 13.2 Å². The number of hydrogen-bond donors (Lipinski definition) is 1. The quantitative estimate of drug-likeness (QED) is 0.716. The minimum absolute atomic E-state index is 0.148. The molecule has 0 saturated carbocycles. The smallest absolute Gasteiger partial charge is 0.471 e. The van der Waals surface area contributed by atoms with Gasteiger partial charge < -0.3 is 10.0 Å². The van der Waals surface area contributed by atoms with Crippen molar-refractivity contribution in [3.05, 3.63) is 0 Å². The first kappa shape index (κ1) is 13.7.